The molecule has 6 nitrogen and oxygen atoms in total. The van der Waals surface area contributed by atoms with Crippen molar-refractivity contribution in [1.82, 2.24) is 13.9 Å². The van der Waals surface area contributed by atoms with Crippen LogP contribution in [0.2, 0.25) is 0 Å². The fraction of sp³-hybridized carbons (Fsp3) is 0.321. The van der Waals surface area contributed by atoms with Crippen LogP contribution in [0.1, 0.15) is 12.8 Å². The van der Waals surface area contributed by atoms with Crippen LogP contribution in [0.3, 0.4) is 0 Å². The van der Waals surface area contributed by atoms with Crippen molar-refractivity contribution in [3.8, 4) is 11.3 Å². The number of hydrogen-bond acceptors (Lipinski definition) is 5. The first kappa shape index (κ1) is 21.1. The van der Waals surface area contributed by atoms with Crippen LogP contribution in [-0.2, 0) is 10.0 Å². The lowest BCUT2D eigenvalue weighted by atomic mass is 9.65. The molecule has 4 aliphatic rings. The molecule has 4 fully saturated rings. The minimum atomic E-state index is -3.72. The molecule has 0 amide bonds. The van der Waals surface area contributed by atoms with Crippen molar-refractivity contribution in [1.29, 1.82) is 0 Å². The standard InChI is InChI=1S/C28H28N4O2S/c33-35(34,23-6-2-1-3-7-23)32-18-25(24-8-4-5-9-27(24)32)26-11-10-22(14-29-26)30-28-20-12-19-13-21(28)17-31(15-19)16-20/h1-11,14,18-21,28,30H,12-13,15-17H2. The maximum absolute atomic E-state index is 13.4. The summed E-state index contributed by atoms with van der Waals surface area (Å²) in [6, 6.07) is 20.8. The third-order valence-corrected chi connectivity index (χ3v) is 9.83. The summed E-state index contributed by atoms with van der Waals surface area (Å²) in [7, 11) is -3.72. The molecular weight excluding hydrogens is 456 g/mol. The summed E-state index contributed by atoms with van der Waals surface area (Å²) in [5, 5.41) is 4.67. The molecule has 4 bridgehead atoms. The SMILES string of the molecule is O=S(=O)(c1ccccc1)n1cc(-c2ccc(NC3C4CC5CC3CN(C5)C4)cn2)c2ccccc21. The number of rotatable bonds is 5. The molecule has 2 aromatic carbocycles. The summed E-state index contributed by atoms with van der Waals surface area (Å²) in [6.45, 7) is 3.72. The molecule has 2 aromatic heterocycles. The topological polar surface area (TPSA) is 67.2 Å². The molecule has 35 heavy (non-hydrogen) atoms. The Labute approximate surface area is 205 Å². The smallest absolute Gasteiger partial charge is 0.268 e. The van der Waals surface area contributed by atoms with Gasteiger partial charge >= 0.3 is 0 Å². The molecule has 1 saturated carbocycles. The van der Waals surface area contributed by atoms with Crippen molar-refractivity contribution >= 4 is 26.6 Å². The lowest BCUT2D eigenvalue weighted by Gasteiger charge is -2.56. The second-order valence-electron chi connectivity index (χ2n) is 10.4. The zero-order valence-electron chi connectivity index (χ0n) is 19.4. The first-order valence-corrected chi connectivity index (χ1v) is 13.9. The highest BCUT2D eigenvalue weighted by Gasteiger charge is 2.47. The van der Waals surface area contributed by atoms with E-state index >= 15 is 0 Å². The van der Waals surface area contributed by atoms with Gasteiger partial charge in [0.1, 0.15) is 0 Å². The van der Waals surface area contributed by atoms with Crippen LogP contribution < -0.4 is 5.32 Å². The van der Waals surface area contributed by atoms with Gasteiger partial charge in [-0.2, -0.15) is 0 Å². The summed E-state index contributed by atoms with van der Waals surface area (Å²) < 4.78 is 28.2. The monoisotopic (exact) mass is 484 g/mol. The normalized spacial score (nSPS) is 27.4. The number of anilines is 1. The first-order valence-electron chi connectivity index (χ1n) is 12.4. The van der Waals surface area contributed by atoms with Crippen molar-refractivity contribution in [2.75, 3.05) is 25.0 Å². The summed E-state index contributed by atoms with van der Waals surface area (Å²) in [5.74, 6) is 2.33. The molecule has 3 aliphatic heterocycles. The molecule has 2 unspecified atom stereocenters. The molecule has 1 aliphatic carbocycles. The summed E-state index contributed by atoms with van der Waals surface area (Å²) in [5.41, 5.74) is 3.28. The van der Waals surface area contributed by atoms with Crippen molar-refractivity contribution in [2.24, 2.45) is 17.8 Å². The summed E-state index contributed by atoms with van der Waals surface area (Å²) in [4.78, 5) is 7.68. The number of nitrogens with zero attached hydrogens (tertiary/aromatic N) is 3. The van der Waals surface area contributed by atoms with Crippen LogP contribution in [0.15, 0.2) is 84.0 Å². The largest absolute Gasteiger partial charge is 0.380 e. The molecule has 4 aromatic rings. The zero-order valence-corrected chi connectivity index (χ0v) is 20.2. The lowest BCUT2D eigenvalue weighted by Crippen LogP contribution is -2.62. The van der Waals surface area contributed by atoms with Crippen molar-refractivity contribution in [2.45, 2.75) is 23.8 Å². The quantitative estimate of drug-likeness (QED) is 0.445. The van der Waals surface area contributed by atoms with E-state index in [0.717, 1.165) is 40.1 Å². The Morgan fingerprint density at radius 3 is 2.31 bits per heavy atom. The second-order valence-corrected chi connectivity index (χ2v) is 12.2. The Hall–Kier alpha value is -3.16. The Morgan fingerprint density at radius 1 is 0.857 bits per heavy atom. The highest BCUT2D eigenvalue weighted by Crippen LogP contribution is 2.44. The van der Waals surface area contributed by atoms with E-state index in [4.69, 9.17) is 4.98 Å². The van der Waals surface area contributed by atoms with E-state index in [1.165, 1.54) is 36.4 Å². The van der Waals surface area contributed by atoms with Gasteiger partial charge < -0.3 is 10.2 Å². The number of nitrogens with one attached hydrogen (secondary N) is 1. The first-order chi connectivity index (χ1) is 17.1. The maximum Gasteiger partial charge on any atom is 0.268 e. The van der Waals surface area contributed by atoms with Gasteiger partial charge in [-0.15, -0.1) is 0 Å². The lowest BCUT2D eigenvalue weighted by molar-refractivity contribution is -0.0269. The fourth-order valence-corrected chi connectivity index (χ4v) is 8.12. The van der Waals surface area contributed by atoms with Gasteiger partial charge in [-0.25, -0.2) is 12.4 Å². The zero-order chi connectivity index (χ0) is 23.6. The molecule has 3 saturated heterocycles. The Morgan fingerprint density at radius 2 is 1.60 bits per heavy atom. The van der Waals surface area contributed by atoms with Gasteiger partial charge in [0.25, 0.3) is 10.0 Å². The van der Waals surface area contributed by atoms with Crippen LogP contribution in [0.25, 0.3) is 22.2 Å². The Bertz CT molecular complexity index is 1470. The van der Waals surface area contributed by atoms with E-state index in [2.05, 4.69) is 16.3 Å². The Kier molecular flexibility index (Phi) is 4.79. The van der Waals surface area contributed by atoms with Crippen LogP contribution in [-0.4, -0.2) is 48.0 Å². The Balaban J connectivity index is 1.21. The fourth-order valence-electron chi connectivity index (χ4n) is 6.73. The molecule has 8 rings (SSSR count). The molecule has 5 heterocycles. The maximum atomic E-state index is 13.4. The van der Waals surface area contributed by atoms with Gasteiger partial charge in [0.2, 0.25) is 0 Å². The van der Waals surface area contributed by atoms with Crippen LogP contribution in [0, 0.1) is 17.8 Å². The van der Waals surface area contributed by atoms with E-state index in [1.54, 1.807) is 30.5 Å². The van der Waals surface area contributed by atoms with Gasteiger partial charge in [-0.3, -0.25) is 4.98 Å². The van der Waals surface area contributed by atoms with Crippen LogP contribution >= 0.6 is 0 Å². The number of para-hydroxylation sites is 1. The predicted octanol–water partition coefficient (Wildman–Crippen LogP) is 4.69. The third-order valence-electron chi connectivity index (χ3n) is 8.14. The highest BCUT2D eigenvalue weighted by molar-refractivity contribution is 7.90. The molecule has 0 spiro atoms. The number of aromatic nitrogens is 2. The van der Waals surface area contributed by atoms with E-state index in [1.807, 2.05) is 42.6 Å². The number of fused-ring (bicyclic) bond motifs is 1. The van der Waals surface area contributed by atoms with Gasteiger partial charge in [0, 0.05) is 42.8 Å². The highest BCUT2D eigenvalue weighted by atomic mass is 32.2. The molecule has 2 atom stereocenters. The summed E-state index contributed by atoms with van der Waals surface area (Å²) >= 11 is 0. The average Bonchev–Trinajstić information content (AvgIpc) is 3.27. The van der Waals surface area contributed by atoms with Crippen molar-refractivity contribution in [3.63, 3.8) is 0 Å². The summed E-state index contributed by atoms with van der Waals surface area (Å²) in [6.07, 6.45) is 6.28. The number of hydrogen-bond donors (Lipinski definition) is 1. The molecule has 1 N–H and O–H groups in total. The molecule has 178 valence electrons. The third kappa shape index (κ3) is 3.48. The molecule has 7 heteroatoms. The van der Waals surface area contributed by atoms with Gasteiger partial charge in [0.05, 0.1) is 28.0 Å². The van der Waals surface area contributed by atoms with Crippen LogP contribution in [0.5, 0.6) is 0 Å². The number of benzene rings is 2. The van der Waals surface area contributed by atoms with Crippen molar-refractivity contribution < 1.29 is 8.42 Å². The van der Waals surface area contributed by atoms with Gasteiger partial charge in [-0.1, -0.05) is 36.4 Å². The molecule has 0 radical (unpaired) electrons. The number of pyridine rings is 1. The minimum absolute atomic E-state index is 0.270. The minimum Gasteiger partial charge on any atom is -0.380 e. The van der Waals surface area contributed by atoms with Crippen LogP contribution in [0.4, 0.5) is 5.69 Å². The van der Waals surface area contributed by atoms with Crippen molar-refractivity contribution in [3.05, 3.63) is 79.1 Å². The number of piperidine rings is 3. The van der Waals surface area contributed by atoms with E-state index in [-0.39, 0.29) is 4.90 Å². The molecular formula is C28H28N4O2S. The average molecular weight is 485 g/mol. The van der Waals surface area contributed by atoms with Gasteiger partial charge in [0.15, 0.2) is 0 Å². The predicted molar refractivity (Wildman–Crippen MR) is 138 cm³/mol. The van der Waals surface area contributed by atoms with E-state index < -0.39 is 10.0 Å². The van der Waals surface area contributed by atoms with E-state index in [9.17, 15) is 8.42 Å². The van der Waals surface area contributed by atoms with E-state index in [0.29, 0.717) is 11.6 Å². The van der Waals surface area contributed by atoms with Gasteiger partial charge in [-0.05, 0) is 60.9 Å². The second kappa shape index (κ2) is 7.93.